The molecular formula is C26H36O2Si. The van der Waals surface area contributed by atoms with Crippen LogP contribution >= 0.6 is 0 Å². The van der Waals surface area contributed by atoms with Crippen LogP contribution in [-0.4, -0.2) is 21.2 Å². The minimum absolute atomic E-state index is 0.0214. The van der Waals surface area contributed by atoms with Gasteiger partial charge >= 0.3 is 0 Å². The fourth-order valence-corrected chi connectivity index (χ4v) is 9.72. The maximum Gasteiger partial charge on any atom is 0.261 e. The highest BCUT2D eigenvalue weighted by Gasteiger charge is 2.54. The van der Waals surface area contributed by atoms with Crippen molar-refractivity contribution in [1.29, 1.82) is 0 Å². The molecule has 0 heterocycles. The average Bonchev–Trinajstić information content (AvgIpc) is 2.93. The summed E-state index contributed by atoms with van der Waals surface area (Å²) in [5.74, 6) is 0.374. The highest BCUT2D eigenvalue weighted by molar-refractivity contribution is 6.99. The molecule has 3 rings (SSSR count). The van der Waals surface area contributed by atoms with E-state index in [4.69, 9.17) is 4.43 Å². The summed E-state index contributed by atoms with van der Waals surface area (Å²) in [5.41, 5.74) is -0.341. The highest BCUT2D eigenvalue weighted by atomic mass is 28.4. The molecule has 0 aromatic heterocycles. The maximum absolute atomic E-state index is 11.9. The minimum atomic E-state index is -2.52. The van der Waals surface area contributed by atoms with Gasteiger partial charge in [-0.3, -0.25) is 0 Å². The summed E-state index contributed by atoms with van der Waals surface area (Å²) in [5, 5.41) is 2.60. The van der Waals surface area contributed by atoms with Gasteiger partial charge in [0.05, 0.1) is 0 Å². The van der Waals surface area contributed by atoms with Crippen LogP contribution in [0.25, 0.3) is 0 Å². The number of hydrogen-bond donors (Lipinski definition) is 0. The zero-order valence-electron chi connectivity index (χ0n) is 18.9. The topological polar surface area (TPSA) is 26.3 Å². The van der Waals surface area contributed by atoms with Crippen LogP contribution in [0.3, 0.4) is 0 Å². The molecule has 29 heavy (non-hydrogen) atoms. The first-order chi connectivity index (χ1) is 13.6. The van der Waals surface area contributed by atoms with Crippen LogP contribution < -0.4 is 10.4 Å². The second kappa shape index (κ2) is 7.85. The Balaban J connectivity index is 2.05. The van der Waals surface area contributed by atoms with Crippen molar-refractivity contribution in [2.45, 2.75) is 59.4 Å². The molecule has 1 fully saturated rings. The third-order valence-corrected chi connectivity index (χ3v) is 12.7. The van der Waals surface area contributed by atoms with E-state index in [-0.39, 0.29) is 15.9 Å². The van der Waals surface area contributed by atoms with Gasteiger partial charge in [-0.05, 0) is 39.6 Å². The SMILES string of the molecule is CC1(C)[C@H](CO[Si](c2ccccc2)(c2ccccc2)C(C)(C)C)CC[C@]1(C)C=O. The van der Waals surface area contributed by atoms with Crippen LogP contribution in [0.5, 0.6) is 0 Å². The van der Waals surface area contributed by atoms with E-state index in [1.54, 1.807) is 0 Å². The first kappa shape index (κ1) is 22.0. The Morgan fingerprint density at radius 1 is 0.966 bits per heavy atom. The van der Waals surface area contributed by atoms with Crippen molar-refractivity contribution in [3.8, 4) is 0 Å². The molecule has 0 unspecified atom stereocenters. The standard InChI is InChI=1S/C26H36O2Si/c1-24(2,3)29(22-13-9-7-10-14-22,23-15-11-8-12-16-23)28-19-21-17-18-26(6,20-27)25(21,4)5/h7-16,20-21H,17-19H2,1-6H3/t21-,26+/m0/s1. The van der Waals surface area contributed by atoms with E-state index in [2.05, 4.69) is 102 Å². The lowest BCUT2D eigenvalue weighted by molar-refractivity contribution is -0.120. The van der Waals surface area contributed by atoms with E-state index in [1.165, 1.54) is 16.7 Å². The van der Waals surface area contributed by atoms with Crippen molar-refractivity contribution in [3.63, 3.8) is 0 Å². The van der Waals surface area contributed by atoms with Crippen molar-refractivity contribution in [2.24, 2.45) is 16.7 Å². The van der Waals surface area contributed by atoms with Gasteiger partial charge in [-0.25, -0.2) is 0 Å². The van der Waals surface area contributed by atoms with E-state index in [0.717, 1.165) is 12.8 Å². The first-order valence-electron chi connectivity index (χ1n) is 10.8. The van der Waals surface area contributed by atoms with Crippen molar-refractivity contribution in [1.82, 2.24) is 0 Å². The largest absolute Gasteiger partial charge is 0.407 e. The van der Waals surface area contributed by atoms with Gasteiger partial charge in [-0.2, -0.15) is 0 Å². The van der Waals surface area contributed by atoms with Gasteiger partial charge in [-0.1, -0.05) is 102 Å². The molecule has 1 aliphatic rings. The van der Waals surface area contributed by atoms with Crippen LogP contribution in [-0.2, 0) is 9.22 Å². The molecule has 2 nitrogen and oxygen atoms in total. The Morgan fingerprint density at radius 3 is 1.83 bits per heavy atom. The lowest BCUT2D eigenvalue weighted by Gasteiger charge is -2.45. The molecule has 0 bridgehead atoms. The molecular weight excluding hydrogens is 372 g/mol. The third kappa shape index (κ3) is 3.64. The zero-order valence-corrected chi connectivity index (χ0v) is 19.9. The number of benzene rings is 2. The van der Waals surface area contributed by atoms with E-state index in [1.807, 2.05) is 0 Å². The number of hydrogen-bond acceptors (Lipinski definition) is 2. The van der Waals surface area contributed by atoms with Crippen molar-refractivity contribution in [2.75, 3.05) is 6.61 Å². The van der Waals surface area contributed by atoms with Gasteiger partial charge in [0.2, 0.25) is 0 Å². The van der Waals surface area contributed by atoms with E-state index in [9.17, 15) is 4.79 Å². The molecule has 1 saturated carbocycles. The Kier molecular flexibility index (Phi) is 5.95. The third-order valence-electron chi connectivity index (χ3n) is 7.68. The zero-order chi connectivity index (χ0) is 21.3. The Morgan fingerprint density at radius 2 is 1.45 bits per heavy atom. The van der Waals surface area contributed by atoms with Gasteiger partial charge in [-0.15, -0.1) is 0 Å². The summed E-state index contributed by atoms with van der Waals surface area (Å²) < 4.78 is 7.15. The summed E-state index contributed by atoms with van der Waals surface area (Å²) in [7, 11) is -2.52. The van der Waals surface area contributed by atoms with E-state index < -0.39 is 8.32 Å². The van der Waals surface area contributed by atoms with Crippen molar-refractivity contribution in [3.05, 3.63) is 60.7 Å². The molecule has 156 valence electrons. The smallest absolute Gasteiger partial charge is 0.261 e. The maximum atomic E-state index is 11.9. The predicted octanol–water partition coefficient (Wildman–Crippen LogP) is 5.20. The highest BCUT2D eigenvalue weighted by Crippen LogP contribution is 2.55. The summed E-state index contributed by atoms with van der Waals surface area (Å²) >= 11 is 0. The summed E-state index contributed by atoms with van der Waals surface area (Å²) in [6.45, 7) is 14.2. The second-order valence-corrected chi connectivity index (χ2v) is 14.8. The molecule has 0 aliphatic heterocycles. The lowest BCUT2D eigenvalue weighted by Crippen LogP contribution is -2.67. The van der Waals surface area contributed by atoms with Gasteiger partial charge < -0.3 is 9.22 Å². The fourth-order valence-electron chi connectivity index (χ4n) is 5.11. The predicted molar refractivity (Wildman–Crippen MR) is 124 cm³/mol. The molecule has 0 radical (unpaired) electrons. The van der Waals surface area contributed by atoms with Crippen molar-refractivity contribution < 1.29 is 9.22 Å². The average molecular weight is 409 g/mol. The molecule has 2 aromatic rings. The second-order valence-electron chi connectivity index (χ2n) is 10.5. The van der Waals surface area contributed by atoms with Crippen molar-refractivity contribution >= 4 is 25.0 Å². The van der Waals surface area contributed by atoms with Gasteiger partial charge in [0.25, 0.3) is 8.32 Å². The normalized spacial score (nSPS) is 24.4. The fraction of sp³-hybridized carbons (Fsp3) is 0.500. The molecule has 1 aliphatic carbocycles. The molecule has 0 spiro atoms. The summed E-state index contributed by atoms with van der Waals surface area (Å²) in [6.07, 6.45) is 3.16. The lowest BCUT2D eigenvalue weighted by atomic mass is 9.67. The van der Waals surface area contributed by atoms with E-state index >= 15 is 0 Å². The van der Waals surface area contributed by atoms with Gasteiger partial charge in [0, 0.05) is 12.0 Å². The van der Waals surface area contributed by atoms with Crippen LogP contribution in [0.4, 0.5) is 0 Å². The van der Waals surface area contributed by atoms with Crippen LogP contribution in [0, 0.1) is 16.7 Å². The molecule has 2 aromatic carbocycles. The molecule has 0 saturated heterocycles. The Bertz CT molecular complexity index is 783. The summed E-state index contributed by atoms with van der Waals surface area (Å²) in [6, 6.07) is 21.6. The molecule has 0 amide bonds. The molecule has 2 atom stereocenters. The number of carbonyl (C=O) groups is 1. The number of rotatable bonds is 6. The van der Waals surface area contributed by atoms with E-state index in [0.29, 0.717) is 12.5 Å². The first-order valence-corrected chi connectivity index (χ1v) is 12.7. The van der Waals surface area contributed by atoms with Crippen LogP contribution in [0.15, 0.2) is 60.7 Å². The van der Waals surface area contributed by atoms with Crippen LogP contribution in [0.2, 0.25) is 5.04 Å². The van der Waals surface area contributed by atoms with Crippen LogP contribution in [0.1, 0.15) is 54.4 Å². The number of aldehydes is 1. The molecule has 0 N–H and O–H groups in total. The van der Waals surface area contributed by atoms with Gasteiger partial charge in [0.1, 0.15) is 6.29 Å². The Labute approximate surface area is 177 Å². The minimum Gasteiger partial charge on any atom is -0.407 e. The quantitative estimate of drug-likeness (QED) is 0.485. The summed E-state index contributed by atoms with van der Waals surface area (Å²) in [4.78, 5) is 11.9. The molecule has 3 heteroatoms. The Hall–Kier alpha value is -1.71. The monoisotopic (exact) mass is 408 g/mol. The number of carbonyl (C=O) groups excluding carboxylic acids is 1. The van der Waals surface area contributed by atoms with Gasteiger partial charge in [0.15, 0.2) is 0 Å².